The lowest BCUT2D eigenvalue weighted by molar-refractivity contribution is -0.137. The summed E-state index contributed by atoms with van der Waals surface area (Å²) < 4.78 is 39.7. The van der Waals surface area contributed by atoms with E-state index in [4.69, 9.17) is 0 Å². The van der Waals surface area contributed by atoms with Gasteiger partial charge in [-0.15, -0.1) is 0 Å². The zero-order valence-corrected chi connectivity index (χ0v) is 18.5. The van der Waals surface area contributed by atoms with Crippen LogP contribution in [-0.4, -0.2) is 11.8 Å². The smallest absolute Gasteiger partial charge is 0.348 e. The van der Waals surface area contributed by atoms with E-state index in [9.17, 15) is 22.8 Å². The molecule has 0 atom stereocenters. The summed E-state index contributed by atoms with van der Waals surface area (Å²) in [5.41, 5.74) is 1.92. The van der Waals surface area contributed by atoms with Gasteiger partial charge in [0.1, 0.15) is 0 Å². The van der Waals surface area contributed by atoms with E-state index >= 15 is 0 Å². The third kappa shape index (κ3) is 5.76. The normalized spacial score (nSPS) is 11.1. The molecule has 0 unspecified atom stereocenters. The van der Waals surface area contributed by atoms with E-state index in [1.54, 1.807) is 12.1 Å². The first-order valence-electron chi connectivity index (χ1n) is 10.8. The van der Waals surface area contributed by atoms with Gasteiger partial charge in [0.05, 0.1) is 11.1 Å². The van der Waals surface area contributed by atoms with Gasteiger partial charge in [-0.25, -0.2) is 0 Å². The molecule has 0 saturated heterocycles. The van der Waals surface area contributed by atoms with Crippen LogP contribution in [0, 0.1) is 0 Å². The predicted octanol–water partition coefficient (Wildman–Crippen LogP) is 6.55. The first-order valence-corrected chi connectivity index (χ1v) is 10.8. The quantitative estimate of drug-likeness (QED) is 0.333. The maximum absolute atomic E-state index is 13.2. The molecule has 0 fully saturated rings. The maximum Gasteiger partial charge on any atom is 0.417 e. The summed E-state index contributed by atoms with van der Waals surface area (Å²) in [4.78, 5) is 25.3. The largest absolute Gasteiger partial charge is 0.417 e. The molecule has 0 bridgehead atoms. The highest BCUT2D eigenvalue weighted by Gasteiger charge is 2.34. The van der Waals surface area contributed by atoms with Crippen molar-refractivity contribution in [2.75, 3.05) is 5.32 Å². The molecular formula is C28H21F3N2O2. The van der Waals surface area contributed by atoms with E-state index in [0.29, 0.717) is 0 Å². The fourth-order valence-corrected chi connectivity index (χ4v) is 3.72. The third-order valence-electron chi connectivity index (χ3n) is 5.40. The van der Waals surface area contributed by atoms with Gasteiger partial charge in [-0.05, 0) is 47.0 Å². The highest BCUT2D eigenvalue weighted by Crippen LogP contribution is 2.32. The number of amides is 2. The van der Waals surface area contributed by atoms with Gasteiger partial charge in [0.25, 0.3) is 11.8 Å². The Morgan fingerprint density at radius 1 is 0.714 bits per heavy atom. The Morgan fingerprint density at radius 2 is 1.40 bits per heavy atom. The van der Waals surface area contributed by atoms with Gasteiger partial charge >= 0.3 is 6.18 Å². The van der Waals surface area contributed by atoms with Crippen LogP contribution in [-0.2, 0) is 12.7 Å². The zero-order valence-electron chi connectivity index (χ0n) is 18.5. The average molecular weight is 474 g/mol. The van der Waals surface area contributed by atoms with Gasteiger partial charge < -0.3 is 10.6 Å². The van der Waals surface area contributed by atoms with Gasteiger partial charge in [-0.1, -0.05) is 72.8 Å². The van der Waals surface area contributed by atoms with E-state index in [0.717, 1.165) is 28.8 Å². The Balaban J connectivity index is 1.47. The summed E-state index contributed by atoms with van der Waals surface area (Å²) >= 11 is 0. The van der Waals surface area contributed by atoms with E-state index in [1.807, 2.05) is 54.6 Å². The van der Waals surface area contributed by atoms with Gasteiger partial charge in [0, 0.05) is 17.8 Å². The maximum atomic E-state index is 13.2. The van der Waals surface area contributed by atoms with Crippen LogP contribution >= 0.6 is 0 Å². The van der Waals surface area contributed by atoms with Gasteiger partial charge in [0.15, 0.2) is 0 Å². The molecule has 4 aromatic rings. The molecule has 0 aromatic heterocycles. The number of hydrogen-bond donors (Lipinski definition) is 2. The Bertz CT molecular complexity index is 1350. The minimum Gasteiger partial charge on any atom is -0.348 e. The van der Waals surface area contributed by atoms with Crippen LogP contribution in [0.5, 0.6) is 0 Å². The second-order valence-corrected chi connectivity index (χ2v) is 7.78. The standard InChI is InChI=1S/C28H21F3N2O2/c29-28(30,31)25-16-7-6-15-24(25)27(35)33-22-13-8-12-20(17-22)26(34)32-18-21-11-4-5-14-23(21)19-9-2-1-3-10-19/h1-17H,18H2,(H,32,34)(H,33,35). The summed E-state index contributed by atoms with van der Waals surface area (Å²) in [6.45, 7) is 0.277. The Kier molecular flexibility index (Phi) is 6.96. The van der Waals surface area contributed by atoms with Crippen LogP contribution < -0.4 is 10.6 Å². The third-order valence-corrected chi connectivity index (χ3v) is 5.40. The first-order chi connectivity index (χ1) is 16.8. The second-order valence-electron chi connectivity index (χ2n) is 7.78. The molecule has 7 heteroatoms. The summed E-state index contributed by atoms with van der Waals surface area (Å²) in [6, 6.07) is 28.1. The Labute approximate surface area is 200 Å². The number of hydrogen-bond acceptors (Lipinski definition) is 2. The Morgan fingerprint density at radius 3 is 2.17 bits per heavy atom. The molecule has 0 aliphatic carbocycles. The molecule has 4 nitrogen and oxygen atoms in total. The van der Waals surface area contributed by atoms with Crippen LogP contribution in [0.15, 0.2) is 103 Å². The van der Waals surface area contributed by atoms with Crippen LogP contribution in [0.2, 0.25) is 0 Å². The molecule has 0 radical (unpaired) electrons. The molecule has 2 N–H and O–H groups in total. The zero-order chi connectivity index (χ0) is 24.8. The molecule has 0 spiro atoms. The molecule has 176 valence electrons. The number of carbonyl (C=O) groups excluding carboxylic acids is 2. The number of halogens is 3. The molecule has 0 aliphatic rings. The van der Waals surface area contributed by atoms with Crippen molar-refractivity contribution < 1.29 is 22.8 Å². The van der Waals surface area contributed by atoms with E-state index in [2.05, 4.69) is 10.6 Å². The minimum atomic E-state index is -4.66. The van der Waals surface area contributed by atoms with Crippen LogP contribution in [0.25, 0.3) is 11.1 Å². The fourth-order valence-electron chi connectivity index (χ4n) is 3.72. The van der Waals surface area contributed by atoms with Crippen molar-refractivity contribution in [1.82, 2.24) is 5.32 Å². The molecule has 0 saturated carbocycles. The molecule has 4 rings (SSSR count). The topological polar surface area (TPSA) is 58.2 Å². The molecule has 2 amide bonds. The number of benzene rings is 4. The van der Waals surface area contributed by atoms with Gasteiger partial charge in [-0.2, -0.15) is 13.2 Å². The lowest BCUT2D eigenvalue weighted by atomic mass is 9.99. The van der Waals surface area contributed by atoms with E-state index in [1.165, 1.54) is 24.3 Å². The average Bonchev–Trinajstić information content (AvgIpc) is 2.87. The minimum absolute atomic E-state index is 0.212. The summed E-state index contributed by atoms with van der Waals surface area (Å²) in [5, 5.41) is 5.32. The molecule has 4 aromatic carbocycles. The summed E-state index contributed by atoms with van der Waals surface area (Å²) in [6.07, 6.45) is -4.66. The second kappa shape index (κ2) is 10.3. The van der Waals surface area contributed by atoms with Crippen LogP contribution in [0.4, 0.5) is 18.9 Å². The SMILES string of the molecule is O=C(NCc1ccccc1-c1ccccc1)c1cccc(NC(=O)c2ccccc2C(F)(F)F)c1. The molecule has 0 heterocycles. The number of carbonyl (C=O) groups is 2. The lowest BCUT2D eigenvalue weighted by Crippen LogP contribution is -2.23. The van der Waals surface area contributed by atoms with Crippen LogP contribution in [0.1, 0.15) is 31.8 Å². The number of anilines is 1. The summed E-state index contributed by atoms with van der Waals surface area (Å²) in [5.74, 6) is -1.29. The summed E-state index contributed by atoms with van der Waals surface area (Å²) in [7, 11) is 0. The number of nitrogens with one attached hydrogen (secondary N) is 2. The number of alkyl halides is 3. The van der Waals surface area contributed by atoms with Crippen molar-refractivity contribution in [3.8, 4) is 11.1 Å². The number of rotatable bonds is 6. The molecule has 35 heavy (non-hydrogen) atoms. The van der Waals surface area contributed by atoms with Crippen molar-refractivity contribution in [2.24, 2.45) is 0 Å². The van der Waals surface area contributed by atoms with Crippen LogP contribution in [0.3, 0.4) is 0 Å². The fraction of sp³-hybridized carbons (Fsp3) is 0.0714. The first kappa shape index (κ1) is 23.8. The van der Waals surface area contributed by atoms with E-state index < -0.39 is 23.2 Å². The van der Waals surface area contributed by atoms with Gasteiger partial charge in [-0.3, -0.25) is 9.59 Å². The Hall–Kier alpha value is -4.39. The van der Waals surface area contributed by atoms with E-state index in [-0.39, 0.29) is 23.7 Å². The molecular weight excluding hydrogens is 453 g/mol. The van der Waals surface area contributed by atoms with Crippen molar-refractivity contribution in [3.63, 3.8) is 0 Å². The highest BCUT2D eigenvalue weighted by atomic mass is 19.4. The molecule has 0 aliphatic heterocycles. The lowest BCUT2D eigenvalue weighted by Gasteiger charge is -2.13. The van der Waals surface area contributed by atoms with Crippen molar-refractivity contribution in [3.05, 3.63) is 125 Å². The van der Waals surface area contributed by atoms with Crippen molar-refractivity contribution >= 4 is 17.5 Å². The monoisotopic (exact) mass is 474 g/mol. The van der Waals surface area contributed by atoms with Crippen molar-refractivity contribution in [1.29, 1.82) is 0 Å². The highest BCUT2D eigenvalue weighted by molar-refractivity contribution is 6.06. The van der Waals surface area contributed by atoms with Crippen molar-refractivity contribution in [2.45, 2.75) is 12.7 Å². The van der Waals surface area contributed by atoms with Gasteiger partial charge in [0.2, 0.25) is 0 Å². The predicted molar refractivity (Wildman–Crippen MR) is 129 cm³/mol.